The van der Waals surface area contributed by atoms with Gasteiger partial charge in [0, 0.05) is 12.1 Å². The van der Waals surface area contributed by atoms with Crippen molar-refractivity contribution in [2.75, 3.05) is 14.1 Å². The molecule has 2 nitrogen and oxygen atoms in total. The van der Waals surface area contributed by atoms with Crippen LogP contribution >= 0.6 is 0 Å². The first-order valence-corrected chi connectivity index (χ1v) is 3.38. The number of rotatable bonds is 2. The zero-order chi connectivity index (χ0) is 7.40. The molecular weight excluding hydrogens is 124 g/mol. The molecule has 54 valence electrons. The fourth-order valence-electron chi connectivity index (χ4n) is 0.855. The van der Waals surface area contributed by atoms with Crippen molar-refractivity contribution in [2.24, 2.45) is 0 Å². The summed E-state index contributed by atoms with van der Waals surface area (Å²) in [7, 11) is 4.11. The van der Waals surface area contributed by atoms with Crippen molar-refractivity contribution in [3.8, 4) is 0 Å². The summed E-state index contributed by atoms with van der Waals surface area (Å²) in [5.74, 6) is 0. The highest BCUT2D eigenvalue weighted by Crippen LogP contribution is 1.77. The minimum Gasteiger partial charge on any atom is -0.254 e. The summed E-state index contributed by atoms with van der Waals surface area (Å²) in [6.45, 7) is 0.945. The van der Waals surface area contributed by atoms with Crippen molar-refractivity contribution in [1.29, 1.82) is 0 Å². The lowest BCUT2D eigenvalue weighted by Gasteiger charge is -2.03. The van der Waals surface area contributed by atoms with E-state index in [1.165, 1.54) is 0 Å². The van der Waals surface area contributed by atoms with Gasteiger partial charge in [0.2, 0.25) is 6.67 Å². The first-order valence-electron chi connectivity index (χ1n) is 3.38. The largest absolute Gasteiger partial charge is 0.254 e. The highest BCUT2D eigenvalue weighted by Gasteiger charge is 1.96. The molecule has 2 heteroatoms. The van der Waals surface area contributed by atoms with Crippen LogP contribution in [0.25, 0.3) is 0 Å². The Morgan fingerprint density at radius 1 is 1.10 bits per heavy atom. The second-order valence-corrected chi connectivity index (χ2v) is 2.61. The Balaban J connectivity index is 2.59. The molecule has 0 aliphatic rings. The lowest BCUT2D eigenvalue weighted by atomic mass is 10.5. The summed E-state index contributed by atoms with van der Waals surface area (Å²) in [5.41, 5.74) is 0. The Morgan fingerprint density at radius 2 is 1.70 bits per heavy atom. The second-order valence-electron chi connectivity index (χ2n) is 2.61. The van der Waals surface area contributed by atoms with Crippen molar-refractivity contribution in [3.05, 3.63) is 30.6 Å². The predicted octanol–water partition coefficient (Wildman–Crippen LogP) is 0.493. The molecule has 10 heavy (non-hydrogen) atoms. The molecule has 0 aliphatic heterocycles. The molecular formula is C8H13N2+. The Hall–Kier alpha value is -0.890. The fourth-order valence-corrected chi connectivity index (χ4v) is 0.855. The van der Waals surface area contributed by atoms with E-state index >= 15 is 0 Å². The first-order chi connectivity index (χ1) is 4.79. The maximum atomic E-state index is 2.12. The minimum absolute atomic E-state index is 0.945. The molecule has 0 N–H and O–H groups in total. The summed E-state index contributed by atoms with van der Waals surface area (Å²) < 4.78 is 2.12. The lowest BCUT2D eigenvalue weighted by Crippen LogP contribution is -2.39. The van der Waals surface area contributed by atoms with Gasteiger partial charge in [0.05, 0.1) is 0 Å². The van der Waals surface area contributed by atoms with E-state index in [1.807, 2.05) is 18.2 Å². The lowest BCUT2D eigenvalue weighted by molar-refractivity contribution is -0.714. The molecule has 0 saturated carbocycles. The van der Waals surface area contributed by atoms with Crippen LogP contribution in [0.15, 0.2) is 30.6 Å². The maximum Gasteiger partial charge on any atom is 0.204 e. The van der Waals surface area contributed by atoms with Gasteiger partial charge in [0.15, 0.2) is 12.4 Å². The van der Waals surface area contributed by atoms with E-state index in [4.69, 9.17) is 0 Å². The van der Waals surface area contributed by atoms with Crippen LogP contribution in [-0.4, -0.2) is 19.0 Å². The van der Waals surface area contributed by atoms with Gasteiger partial charge in [-0.3, -0.25) is 4.90 Å². The number of aromatic nitrogens is 1. The van der Waals surface area contributed by atoms with E-state index in [9.17, 15) is 0 Å². The van der Waals surface area contributed by atoms with Crippen molar-refractivity contribution >= 4 is 0 Å². The van der Waals surface area contributed by atoms with E-state index in [0.29, 0.717) is 0 Å². The molecule has 1 heterocycles. The molecule has 0 aromatic carbocycles. The molecule has 1 aromatic rings. The van der Waals surface area contributed by atoms with Crippen LogP contribution in [0.2, 0.25) is 0 Å². The van der Waals surface area contributed by atoms with Crippen LogP contribution in [0.3, 0.4) is 0 Å². The second kappa shape index (κ2) is 3.32. The molecule has 0 aliphatic carbocycles. The van der Waals surface area contributed by atoms with Gasteiger partial charge in [-0.15, -0.1) is 0 Å². The van der Waals surface area contributed by atoms with Crippen molar-refractivity contribution < 1.29 is 4.57 Å². The van der Waals surface area contributed by atoms with Gasteiger partial charge < -0.3 is 0 Å². The smallest absolute Gasteiger partial charge is 0.204 e. The van der Waals surface area contributed by atoms with E-state index in [1.54, 1.807) is 0 Å². The quantitative estimate of drug-likeness (QED) is 0.538. The Labute approximate surface area is 61.7 Å². The van der Waals surface area contributed by atoms with Gasteiger partial charge in [0.25, 0.3) is 0 Å². The van der Waals surface area contributed by atoms with E-state index in [-0.39, 0.29) is 0 Å². The Morgan fingerprint density at radius 3 is 2.20 bits per heavy atom. The molecule has 0 radical (unpaired) electrons. The van der Waals surface area contributed by atoms with Crippen molar-refractivity contribution in [3.63, 3.8) is 0 Å². The standard InChI is InChI=1S/C8H13N2/c1-9(2)8-10-6-4-3-5-7-10/h3-7H,8H2,1-2H3/q+1. The topological polar surface area (TPSA) is 7.12 Å². The zero-order valence-corrected chi connectivity index (χ0v) is 6.49. The summed E-state index contributed by atoms with van der Waals surface area (Å²) in [5, 5.41) is 0. The maximum absolute atomic E-state index is 2.12. The van der Waals surface area contributed by atoms with Gasteiger partial charge in [-0.2, -0.15) is 4.57 Å². The minimum atomic E-state index is 0.945. The number of nitrogens with zero attached hydrogens (tertiary/aromatic N) is 2. The van der Waals surface area contributed by atoms with Crippen molar-refractivity contribution in [2.45, 2.75) is 6.67 Å². The van der Waals surface area contributed by atoms with Crippen LogP contribution in [0.1, 0.15) is 0 Å². The molecule has 0 amide bonds. The normalized spacial score (nSPS) is 10.3. The van der Waals surface area contributed by atoms with Crippen LogP contribution in [0.5, 0.6) is 0 Å². The Kier molecular flexibility index (Phi) is 2.40. The number of pyridine rings is 1. The molecule has 0 fully saturated rings. The van der Waals surface area contributed by atoms with Gasteiger partial charge in [0.1, 0.15) is 0 Å². The number of hydrogen-bond donors (Lipinski definition) is 0. The molecule has 0 atom stereocenters. The molecule has 0 saturated heterocycles. The third-order valence-corrected chi connectivity index (χ3v) is 1.22. The first kappa shape index (κ1) is 7.22. The molecule has 0 spiro atoms. The van der Waals surface area contributed by atoms with E-state index in [2.05, 4.69) is 36.0 Å². The van der Waals surface area contributed by atoms with Crippen LogP contribution in [-0.2, 0) is 6.67 Å². The van der Waals surface area contributed by atoms with E-state index < -0.39 is 0 Å². The average Bonchev–Trinajstić information content (AvgIpc) is 1.88. The van der Waals surface area contributed by atoms with Gasteiger partial charge in [-0.1, -0.05) is 6.07 Å². The summed E-state index contributed by atoms with van der Waals surface area (Å²) in [6, 6.07) is 6.08. The monoisotopic (exact) mass is 137 g/mol. The van der Waals surface area contributed by atoms with Crippen molar-refractivity contribution in [1.82, 2.24) is 4.90 Å². The highest BCUT2D eigenvalue weighted by atomic mass is 15.2. The third kappa shape index (κ3) is 2.15. The van der Waals surface area contributed by atoms with E-state index in [0.717, 1.165) is 6.67 Å². The molecule has 1 rings (SSSR count). The highest BCUT2D eigenvalue weighted by molar-refractivity contribution is 4.83. The number of hydrogen-bond acceptors (Lipinski definition) is 1. The predicted molar refractivity (Wildman–Crippen MR) is 40.3 cm³/mol. The summed E-state index contributed by atoms with van der Waals surface area (Å²) in [4.78, 5) is 2.12. The third-order valence-electron chi connectivity index (χ3n) is 1.22. The molecule has 0 bridgehead atoms. The van der Waals surface area contributed by atoms with Gasteiger partial charge in [-0.25, -0.2) is 0 Å². The van der Waals surface area contributed by atoms with Crippen LogP contribution in [0.4, 0.5) is 0 Å². The zero-order valence-electron chi connectivity index (χ0n) is 6.49. The molecule has 1 aromatic heterocycles. The fraction of sp³-hybridized carbons (Fsp3) is 0.375. The molecule has 0 unspecified atom stereocenters. The van der Waals surface area contributed by atoms with Crippen LogP contribution < -0.4 is 4.57 Å². The summed E-state index contributed by atoms with van der Waals surface area (Å²) >= 11 is 0. The van der Waals surface area contributed by atoms with Crippen LogP contribution in [0, 0.1) is 0 Å². The average molecular weight is 137 g/mol. The summed E-state index contributed by atoms with van der Waals surface area (Å²) in [6.07, 6.45) is 4.11. The van der Waals surface area contributed by atoms with Gasteiger partial charge >= 0.3 is 0 Å². The Bertz CT molecular complexity index is 182. The SMILES string of the molecule is CN(C)C[n+]1ccccc1. The van der Waals surface area contributed by atoms with Gasteiger partial charge in [-0.05, 0) is 14.1 Å².